The summed E-state index contributed by atoms with van der Waals surface area (Å²) >= 11 is 0. The molecule has 0 saturated carbocycles. The largest absolute Gasteiger partial charge is 0.240 e. The molecule has 0 fully saturated rings. The molecule has 0 aliphatic heterocycles. The van der Waals surface area contributed by atoms with Crippen LogP contribution in [0.15, 0.2) is 59.5 Å². The van der Waals surface area contributed by atoms with Crippen molar-refractivity contribution in [2.24, 2.45) is 0 Å². The Labute approximate surface area is 156 Å². The summed E-state index contributed by atoms with van der Waals surface area (Å²) in [6, 6.07) is 16.1. The van der Waals surface area contributed by atoms with Gasteiger partial charge < -0.3 is 0 Å². The highest BCUT2D eigenvalue weighted by Gasteiger charge is 2.18. The quantitative estimate of drug-likeness (QED) is 0.700. The van der Waals surface area contributed by atoms with E-state index in [0.717, 1.165) is 17.4 Å². The van der Waals surface area contributed by atoms with E-state index in [-0.39, 0.29) is 18.0 Å². The second kappa shape index (κ2) is 8.77. The van der Waals surface area contributed by atoms with Crippen LogP contribution >= 0.6 is 0 Å². The maximum absolute atomic E-state index is 12.3. The van der Waals surface area contributed by atoms with E-state index in [1.165, 1.54) is 10.4 Å². The molecule has 8 heteroatoms. The molecule has 0 spiro atoms. The Morgan fingerprint density at radius 1 is 0.923 bits per heavy atom. The fraction of sp³-hybridized carbons (Fsp3) is 0.333. The highest BCUT2D eigenvalue weighted by Crippen LogP contribution is 2.10. The lowest BCUT2D eigenvalue weighted by Gasteiger charge is -2.20. The molecule has 0 amide bonds. The van der Waals surface area contributed by atoms with Crippen LogP contribution in [0.5, 0.6) is 0 Å². The topological polar surface area (TPSA) is 83.6 Å². The molecule has 2 aromatic rings. The summed E-state index contributed by atoms with van der Waals surface area (Å²) in [5.41, 5.74) is 1.87. The van der Waals surface area contributed by atoms with Crippen molar-refractivity contribution >= 4 is 20.0 Å². The number of aryl methyl sites for hydroxylation is 1. The Bertz CT molecular complexity index is 927. The lowest BCUT2D eigenvalue weighted by molar-refractivity contribution is 0.420. The Hall–Kier alpha value is -1.74. The van der Waals surface area contributed by atoms with Gasteiger partial charge in [-0.25, -0.2) is 25.9 Å². The Balaban J connectivity index is 1.97. The number of benzene rings is 2. The summed E-state index contributed by atoms with van der Waals surface area (Å²) in [4.78, 5) is 0.174. The van der Waals surface area contributed by atoms with E-state index in [0.29, 0.717) is 13.0 Å². The molecule has 0 heterocycles. The van der Waals surface area contributed by atoms with Crippen LogP contribution in [0, 0.1) is 6.92 Å². The van der Waals surface area contributed by atoms with Crippen LogP contribution in [-0.4, -0.2) is 47.0 Å². The zero-order chi connectivity index (χ0) is 19.2. The lowest BCUT2D eigenvalue weighted by Crippen LogP contribution is -2.39. The van der Waals surface area contributed by atoms with Crippen LogP contribution in [0.3, 0.4) is 0 Å². The molecule has 2 aromatic carbocycles. The first-order valence-electron chi connectivity index (χ1n) is 8.24. The number of rotatable bonds is 9. The van der Waals surface area contributed by atoms with Gasteiger partial charge in [-0.3, -0.25) is 0 Å². The van der Waals surface area contributed by atoms with Crippen molar-refractivity contribution in [3.8, 4) is 0 Å². The fourth-order valence-electron chi connectivity index (χ4n) is 2.51. The zero-order valence-corrected chi connectivity index (χ0v) is 16.6. The molecule has 26 heavy (non-hydrogen) atoms. The molecular formula is C18H24N2O4S2. The summed E-state index contributed by atoms with van der Waals surface area (Å²) in [6.45, 7) is 2.21. The number of sulfonamides is 2. The van der Waals surface area contributed by atoms with Crippen LogP contribution in [-0.2, 0) is 26.5 Å². The molecule has 142 valence electrons. The van der Waals surface area contributed by atoms with E-state index in [4.69, 9.17) is 0 Å². The van der Waals surface area contributed by atoms with Crippen molar-refractivity contribution in [2.75, 3.05) is 25.9 Å². The zero-order valence-electron chi connectivity index (χ0n) is 14.9. The Kier molecular flexibility index (Phi) is 6.94. The summed E-state index contributed by atoms with van der Waals surface area (Å²) in [7, 11) is -7.09. The predicted octanol–water partition coefficient (Wildman–Crippen LogP) is 1.78. The molecule has 0 atom stereocenters. The van der Waals surface area contributed by atoms with Gasteiger partial charge in [-0.2, -0.15) is 0 Å². The van der Waals surface area contributed by atoms with Gasteiger partial charge in [0.1, 0.15) is 0 Å². The van der Waals surface area contributed by atoms with Crippen molar-refractivity contribution < 1.29 is 16.8 Å². The lowest BCUT2D eigenvalue weighted by atomic mass is 10.1. The first-order valence-corrected chi connectivity index (χ1v) is 11.6. The third-order valence-corrected chi connectivity index (χ3v) is 6.68. The Morgan fingerprint density at radius 2 is 1.62 bits per heavy atom. The van der Waals surface area contributed by atoms with E-state index in [2.05, 4.69) is 4.72 Å². The van der Waals surface area contributed by atoms with E-state index in [9.17, 15) is 16.8 Å². The summed E-state index contributed by atoms with van der Waals surface area (Å²) in [6.07, 6.45) is 1.70. The van der Waals surface area contributed by atoms with Crippen LogP contribution in [0.2, 0.25) is 0 Å². The van der Waals surface area contributed by atoms with Gasteiger partial charge in [0.05, 0.1) is 11.2 Å². The molecule has 0 aliphatic rings. The van der Waals surface area contributed by atoms with Gasteiger partial charge in [-0.15, -0.1) is 0 Å². The van der Waals surface area contributed by atoms with Crippen molar-refractivity contribution in [1.29, 1.82) is 0 Å². The predicted molar refractivity (Wildman–Crippen MR) is 103 cm³/mol. The van der Waals surface area contributed by atoms with Crippen molar-refractivity contribution in [3.05, 3.63) is 65.7 Å². The van der Waals surface area contributed by atoms with Crippen molar-refractivity contribution in [1.82, 2.24) is 9.03 Å². The highest BCUT2D eigenvalue weighted by atomic mass is 32.2. The first-order chi connectivity index (χ1) is 12.2. The minimum atomic E-state index is -3.66. The van der Waals surface area contributed by atoms with E-state index in [1.807, 2.05) is 43.3 Å². The molecular weight excluding hydrogens is 372 g/mol. The van der Waals surface area contributed by atoms with Crippen LogP contribution < -0.4 is 4.72 Å². The van der Waals surface area contributed by atoms with Gasteiger partial charge in [-0.05, 0) is 36.6 Å². The number of hydrogen-bond donors (Lipinski definition) is 1. The maximum atomic E-state index is 12.3. The molecule has 0 aliphatic carbocycles. The third kappa shape index (κ3) is 6.21. The molecule has 0 unspecified atom stereocenters. The molecule has 0 bridgehead atoms. The van der Waals surface area contributed by atoms with Gasteiger partial charge >= 0.3 is 0 Å². The van der Waals surface area contributed by atoms with Gasteiger partial charge in [0.25, 0.3) is 0 Å². The molecule has 0 radical (unpaired) electrons. The molecule has 1 N–H and O–H groups in total. The average Bonchev–Trinajstić information content (AvgIpc) is 2.57. The van der Waals surface area contributed by atoms with Gasteiger partial charge in [0.15, 0.2) is 0 Å². The highest BCUT2D eigenvalue weighted by molar-refractivity contribution is 7.89. The third-order valence-electron chi connectivity index (χ3n) is 3.91. The molecule has 0 aromatic heterocycles. The maximum Gasteiger partial charge on any atom is 0.240 e. The minimum absolute atomic E-state index is 0.0120. The smallest absolute Gasteiger partial charge is 0.213 e. The average molecular weight is 397 g/mol. The normalized spacial score (nSPS) is 12.4. The van der Waals surface area contributed by atoms with Gasteiger partial charge in [-0.1, -0.05) is 42.5 Å². The van der Waals surface area contributed by atoms with E-state index in [1.54, 1.807) is 12.1 Å². The fourth-order valence-corrected chi connectivity index (χ4v) is 4.48. The van der Waals surface area contributed by atoms with E-state index >= 15 is 0 Å². The molecule has 6 nitrogen and oxygen atoms in total. The second-order valence-corrected chi connectivity index (χ2v) is 9.86. The summed E-state index contributed by atoms with van der Waals surface area (Å²) in [5.74, 6) is 0. The number of hydrogen-bond acceptors (Lipinski definition) is 4. The standard InChI is InChI=1S/C18H24N2O4S2/c1-16-7-6-10-18(15-16)26(23,24)19-12-14-20(25(2,21)22)13-11-17-8-4-3-5-9-17/h3-10,15,19H,11-14H2,1-2H3. The summed E-state index contributed by atoms with van der Waals surface area (Å²) < 4.78 is 52.3. The first kappa shape index (κ1) is 20.6. The monoisotopic (exact) mass is 396 g/mol. The second-order valence-electron chi connectivity index (χ2n) is 6.11. The molecule has 2 rings (SSSR count). The van der Waals surface area contributed by atoms with Crippen LogP contribution in [0.1, 0.15) is 11.1 Å². The SMILES string of the molecule is Cc1cccc(S(=O)(=O)NCCN(CCc2ccccc2)S(C)(=O)=O)c1. The van der Waals surface area contributed by atoms with Crippen LogP contribution in [0.25, 0.3) is 0 Å². The van der Waals surface area contributed by atoms with Crippen LogP contribution in [0.4, 0.5) is 0 Å². The van der Waals surface area contributed by atoms with Gasteiger partial charge in [0, 0.05) is 19.6 Å². The van der Waals surface area contributed by atoms with Gasteiger partial charge in [0.2, 0.25) is 20.0 Å². The number of nitrogens with zero attached hydrogens (tertiary/aromatic N) is 1. The van der Waals surface area contributed by atoms with E-state index < -0.39 is 20.0 Å². The van der Waals surface area contributed by atoms with Crippen molar-refractivity contribution in [3.63, 3.8) is 0 Å². The minimum Gasteiger partial charge on any atom is -0.213 e. The number of nitrogens with one attached hydrogen (secondary N) is 1. The Morgan fingerprint density at radius 3 is 2.23 bits per heavy atom. The van der Waals surface area contributed by atoms with Crippen molar-refractivity contribution in [2.45, 2.75) is 18.2 Å². The molecule has 0 saturated heterocycles. The summed E-state index contributed by atoms with van der Waals surface area (Å²) in [5, 5.41) is 0.